The Morgan fingerprint density at radius 1 is 1.47 bits per heavy atom. The van der Waals surface area contributed by atoms with Gasteiger partial charge in [0.15, 0.2) is 0 Å². The highest BCUT2D eigenvalue weighted by Crippen LogP contribution is 2.16. The van der Waals surface area contributed by atoms with Gasteiger partial charge in [0.1, 0.15) is 12.4 Å². The quantitative estimate of drug-likeness (QED) is 0.690. The molecule has 4 N–H and O–H groups in total. The van der Waals surface area contributed by atoms with E-state index in [1.165, 1.54) is 17.1 Å². The van der Waals surface area contributed by atoms with Crippen molar-refractivity contribution in [2.24, 2.45) is 5.73 Å². The topological polar surface area (TPSA) is 124 Å². The summed E-state index contributed by atoms with van der Waals surface area (Å²) in [5.74, 6) is -0.576. The summed E-state index contributed by atoms with van der Waals surface area (Å²) in [6.07, 6.45) is 1.37. The van der Waals surface area contributed by atoms with Gasteiger partial charge in [0.25, 0.3) is 11.7 Å². The SMILES string of the molecule is N#Cc1ncn(-c2ccc(N)c(C(N)=O)c2)n1. The third kappa shape index (κ3) is 1.91. The molecule has 1 aromatic heterocycles. The Bertz CT molecular complexity index is 624. The maximum absolute atomic E-state index is 11.1. The first-order valence-corrected chi connectivity index (χ1v) is 4.63. The van der Waals surface area contributed by atoms with Gasteiger partial charge in [0.05, 0.1) is 11.3 Å². The number of carbonyl (C=O) groups is 1. The molecule has 0 unspecified atom stereocenters. The molecule has 0 bridgehead atoms. The molecule has 2 aromatic rings. The molecule has 0 aliphatic heterocycles. The average molecular weight is 228 g/mol. The summed E-state index contributed by atoms with van der Waals surface area (Å²) < 4.78 is 1.37. The first-order valence-electron chi connectivity index (χ1n) is 4.63. The van der Waals surface area contributed by atoms with Crippen LogP contribution in [-0.2, 0) is 0 Å². The van der Waals surface area contributed by atoms with Crippen molar-refractivity contribution in [3.05, 3.63) is 35.9 Å². The van der Waals surface area contributed by atoms with E-state index >= 15 is 0 Å². The minimum Gasteiger partial charge on any atom is -0.398 e. The van der Waals surface area contributed by atoms with Gasteiger partial charge in [0, 0.05) is 5.69 Å². The summed E-state index contributed by atoms with van der Waals surface area (Å²) >= 11 is 0. The van der Waals surface area contributed by atoms with Crippen LogP contribution < -0.4 is 11.5 Å². The highest BCUT2D eigenvalue weighted by atomic mass is 16.1. The number of nitrogen functional groups attached to an aromatic ring is 1. The normalized spacial score (nSPS) is 9.82. The van der Waals surface area contributed by atoms with Crippen molar-refractivity contribution in [1.82, 2.24) is 14.8 Å². The van der Waals surface area contributed by atoms with E-state index < -0.39 is 5.91 Å². The summed E-state index contributed by atoms with van der Waals surface area (Å²) in [5, 5.41) is 12.5. The standard InChI is InChI=1S/C10H8N6O/c11-4-9-14-5-16(15-9)6-1-2-8(12)7(3-6)10(13)17/h1-3,5H,12H2,(H2,13,17). The lowest BCUT2D eigenvalue weighted by molar-refractivity contribution is 0.100. The van der Waals surface area contributed by atoms with Crippen LogP contribution >= 0.6 is 0 Å². The first kappa shape index (κ1) is 10.6. The zero-order chi connectivity index (χ0) is 12.4. The molecule has 84 valence electrons. The Kier molecular flexibility index (Phi) is 2.46. The Morgan fingerprint density at radius 3 is 2.82 bits per heavy atom. The Labute approximate surface area is 96.3 Å². The predicted molar refractivity (Wildman–Crippen MR) is 59.0 cm³/mol. The fourth-order valence-corrected chi connectivity index (χ4v) is 1.34. The third-order valence-corrected chi connectivity index (χ3v) is 2.16. The summed E-state index contributed by atoms with van der Waals surface area (Å²) in [4.78, 5) is 14.9. The Morgan fingerprint density at radius 2 is 2.24 bits per heavy atom. The number of primary amides is 1. The number of hydrogen-bond donors (Lipinski definition) is 2. The molecule has 0 spiro atoms. The van der Waals surface area contributed by atoms with Crippen LogP contribution in [0.2, 0.25) is 0 Å². The number of amides is 1. The van der Waals surface area contributed by atoms with Crippen LogP contribution in [-0.4, -0.2) is 20.7 Å². The number of nitriles is 1. The zero-order valence-corrected chi connectivity index (χ0v) is 8.66. The molecule has 0 atom stereocenters. The van der Waals surface area contributed by atoms with Crippen molar-refractivity contribution in [2.75, 3.05) is 5.73 Å². The maximum atomic E-state index is 11.1. The van der Waals surface area contributed by atoms with E-state index in [4.69, 9.17) is 16.7 Å². The van der Waals surface area contributed by atoms with Crippen LogP contribution in [0.3, 0.4) is 0 Å². The molecule has 0 aliphatic rings. The number of nitrogens with two attached hydrogens (primary N) is 2. The molecule has 0 saturated carbocycles. The molecular weight excluding hydrogens is 220 g/mol. The van der Waals surface area contributed by atoms with E-state index in [9.17, 15) is 4.79 Å². The number of carbonyl (C=O) groups excluding carboxylic acids is 1. The molecule has 1 heterocycles. The van der Waals surface area contributed by atoms with Crippen molar-refractivity contribution in [1.29, 1.82) is 5.26 Å². The van der Waals surface area contributed by atoms with Crippen LogP contribution in [0, 0.1) is 11.3 Å². The van der Waals surface area contributed by atoms with Crippen molar-refractivity contribution in [3.63, 3.8) is 0 Å². The molecule has 2 rings (SSSR count). The maximum Gasteiger partial charge on any atom is 0.252 e. The first-order chi connectivity index (χ1) is 8.11. The second kappa shape index (κ2) is 3.94. The van der Waals surface area contributed by atoms with Gasteiger partial charge >= 0.3 is 0 Å². The molecule has 1 amide bonds. The molecular formula is C10H8N6O. The average Bonchev–Trinajstić information content (AvgIpc) is 2.78. The van der Waals surface area contributed by atoms with E-state index in [2.05, 4.69) is 10.1 Å². The van der Waals surface area contributed by atoms with Crippen LogP contribution in [0.4, 0.5) is 5.69 Å². The second-order valence-corrected chi connectivity index (χ2v) is 3.26. The molecule has 7 nitrogen and oxygen atoms in total. The molecule has 0 aliphatic carbocycles. The Hall–Kier alpha value is -2.88. The predicted octanol–water partition coefficient (Wildman–Crippen LogP) is -0.180. The van der Waals surface area contributed by atoms with Crippen molar-refractivity contribution < 1.29 is 4.79 Å². The fraction of sp³-hybridized carbons (Fsp3) is 0. The third-order valence-electron chi connectivity index (χ3n) is 2.16. The van der Waals surface area contributed by atoms with Crippen LogP contribution in [0.15, 0.2) is 24.5 Å². The van der Waals surface area contributed by atoms with Gasteiger partial charge in [0.2, 0.25) is 0 Å². The van der Waals surface area contributed by atoms with Gasteiger partial charge in [-0.2, -0.15) is 5.26 Å². The lowest BCUT2D eigenvalue weighted by Gasteiger charge is -2.05. The lowest BCUT2D eigenvalue weighted by atomic mass is 10.1. The largest absolute Gasteiger partial charge is 0.398 e. The number of aromatic nitrogens is 3. The van der Waals surface area contributed by atoms with E-state index in [0.29, 0.717) is 11.4 Å². The fourth-order valence-electron chi connectivity index (χ4n) is 1.34. The molecule has 0 radical (unpaired) electrons. The molecule has 0 saturated heterocycles. The molecule has 0 fully saturated rings. The van der Waals surface area contributed by atoms with Gasteiger partial charge in [-0.1, -0.05) is 0 Å². The number of benzene rings is 1. The number of hydrogen-bond acceptors (Lipinski definition) is 5. The number of anilines is 1. The highest BCUT2D eigenvalue weighted by molar-refractivity contribution is 5.98. The smallest absolute Gasteiger partial charge is 0.252 e. The minimum absolute atomic E-state index is 0.0439. The number of nitrogens with zero attached hydrogens (tertiary/aromatic N) is 4. The molecule has 7 heteroatoms. The van der Waals surface area contributed by atoms with Gasteiger partial charge in [-0.05, 0) is 18.2 Å². The molecule has 17 heavy (non-hydrogen) atoms. The van der Waals surface area contributed by atoms with Crippen LogP contribution in [0.1, 0.15) is 16.2 Å². The Balaban J connectivity index is 2.50. The van der Waals surface area contributed by atoms with Gasteiger partial charge < -0.3 is 11.5 Å². The van der Waals surface area contributed by atoms with Crippen LogP contribution in [0.5, 0.6) is 0 Å². The summed E-state index contributed by atoms with van der Waals surface area (Å²) in [5.41, 5.74) is 11.8. The van der Waals surface area contributed by atoms with E-state index in [0.717, 1.165) is 0 Å². The van der Waals surface area contributed by atoms with Gasteiger partial charge in [-0.3, -0.25) is 4.79 Å². The summed E-state index contributed by atoms with van der Waals surface area (Å²) in [7, 11) is 0. The zero-order valence-electron chi connectivity index (χ0n) is 8.66. The monoisotopic (exact) mass is 228 g/mol. The van der Waals surface area contributed by atoms with Gasteiger partial charge in [-0.25, -0.2) is 9.67 Å². The van der Waals surface area contributed by atoms with E-state index in [-0.39, 0.29) is 11.4 Å². The van der Waals surface area contributed by atoms with Crippen LogP contribution in [0.25, 0.3) is 5.69 Å². The van der Waals surface area contributed by atoms with Crippen molar-refractivity contribution in [2.45, 2.75) is 0 Å². The van der Waals surface area contributed by atoms with Crippen molar-refractivity contribution in [3.8, 4) is 11.8 Å². The highest BCUT2D eigenvalue weighted by Gasteiger charge is 2.09. The van der Waals surface area contributed by atoms with Gasteiger partial charge in [-0.15, -0.1) is 5.10 Å². The summed E-state index contributed by atoms with van der Waals surface area (Å²) in [6, 6.07) is 6.50. The number of rotatable bonds is 2. The van der Waals surface area contributed by atoms with E-state index in [1.54, 1.807) is 18.2 Å². The second-order valence-electron chi connectivity index (χ2n) is 3.26. The minimum atomic E-state index is -0.620. The molecule has 1 aromatic carbocycles. The summed E-state index contributed by atoms with van der Waals surface area (Å²) in [6.45, 7) is 0. The van der Waals surface area contributed by atoms with E-state index in [1.807, 2.05) is 0 Å². The van der Waals surface area contributed by atoms with Crippen molar-refractivity contribution >= 4 is 11.6 Å². The lowest BCUT2D eigenvalue weighted by Crippen LogP contribution is -2.14.